The summed E-state index contributed by atoms with van der Waals surface area (Å²) < 4.78 is 1.98. The molecule has 1 aliphatic heterocycles. The van der Waals surface area contributed by atoms with Gasteiger partial charge in [0.25, 0.3) is 0 Å². The minimum Gasteiger partial charge on any atom is -0.330 e. The fraction of sp³-hybridized carbons (Fsp3) is 0.818. The third kappa shape index (κ3) is 2.41. The Kier molecular flexibility index (Phi) is 3.56. The Labute approximate surface area is 96.6 Å². The largest absolute Gasteiger partial charge is 0.330 e. The van der Waals surface area contributed by atoms with Gasteiger partial charge in [0, 0.05) is 19.6 Å². The number of hydrogen-bond acceptors (Lipinski definition) is 4. The van der Waals surface area contributed by atoms with Crippen molar-refractivity contribution in [2.24, 2.45) is 18.7 Å². The number of hydrogen-bond donors (Lipinski definition) is 1. The summed E-state index contributed by atoms with van der Waals surface area (Å²) in [5, 5.41) is 8.05. The first-order valence-corrected chi connectivity index (χ1v) is 5.97. The van der Waals surface area contributed by atoms with Crippen molar-refractivity contribution in [3.8, 4) is 0 Å². The number of rotatable bonds is 3. The molecule has 0 amide bonds. The summed E-state index contributed by atoms with van der Waals surface area (Å²) in [6.45, 7) is 5.05. The van der Waals surface area contributed by atoms with E-state index in [1.165, 1.54) is 12.8 Å². The van der Waals surface area contributed by atoms with Crippen LogP contribution in [0, 0.1) is 5.92 Å². The first kappa shape index (κ1) is 11.5. The van der Waals surface area contributed by atoms with Crippen molar-refractivity contribution in [1.29, 1.82) is 0 Å². The minimum atomic E-state index is 0.625. The Morgan fingerprint density at radius 1 is 1.50 bits per heavy atom. The van der Waals surface area contributed by atoms with Crippen LogP contribution in [-0.2, 0) is 13.6 Å². The van der Waals surface area contributed by atoms with Crippen LogP contribution in [0.25, 0.3) is 0 Å². The molecule has 0 bridgehead atoms. The van der Waals surface area contributed by atoms with Crippen molar-refractivity contribution >= 4 is 0 Å². The van der Waals surface area contributed by atoms with E-state index in [0.29, 0.717) is 12.0 Å². The number of nitrogens with zero attached hydrogens (tertiary/aromatic N) is 4. The molecule has 0 radical (unpaired) electrons. The lowest BCUT2D eigenvalue weighted by atomic mass is 9.93. The first-order chi connectivity index (χ1) is 7.70. The molecule has 0 aliphatic carbocycles. The lowest BCUT2D eigenvalue weighted by molar-refractivity contribution is 0.109. The van der Waals surface area contributed by atoms with Gasteiger partial charge >= 0.3 is 0 Å². The Hall–Kier alpha value is -0.940. The molecule has 1 fully saturated rings. The SMILES string of the molecule is CC1CCC(CN)CN1Cc1nncn1C. The fourth-order valence-electron chi connectivity index (χ4n) is 2.31. The van der Waals surface area contributed by atoms with E-state index in [1.807, 2.05) is 11.6 Å². The molecule has 5 nitrogen and oxygen atoms in total. The highest BCUT2D eigenvalue weighted by molar-refractivity contribution is 4.88. The van der Waals surface area contributed by atoms with Crippen LogP contribution in [0.1, 0.15) is 25.6 Å². The summed E-state index contributed by atoms with van der Waals surface area (Å²) in [5.41, 5.74) is 5.75. The molecule has 1 aliphatic rings. The van der Waals surface area contributed by atoms with Crippen LogP contribution in [0.3, 0.4) is 0 Å². The maximum atomic E-state index is 5.75. The van der Waals surface area contributed by atoms with Crippen LogP contribution in [0.15, 0.2) is 6.33 Å². The molecule has 2 rings (SSSR count). The monoisotopic (exact) mass is 223 g/mol. The second-order valence-electron chi connectivity index (χ2n) is 4.82. The van der Waals surface area contributed by atoms with E-state index in [1.54, 1.807) is 6.33 Å². The van der Waals surface area contributed by atoms with E-state index >= 15 is 0 Å². The van der Waals surface area contributed by atoms with Gasteiger partial charge in [-0.3, -0.25) is 4.90 Å². The zero-order chi connectivity index (χ0) is 11.5. The van der Waals surface area contributed by atoms with Gasteiger partial charge < -0.3 is 10.3 Å². The average Bonchev–Trinajstić information content (AvgIpc) is 2.68. The Bertz CT molecular complexity index is 335. The molecule has 5 heteroatoms. The molecule has 90 valence electrons. The summed E-state index contributed by atoms with van der Waals surface area (Å²) in [6, 6.07) is 0.625. The standard InChI is InChI=1S/C11H21N5/c1-9-3-4-10(5-12)6-16(9)7-11-14-13-8-15(11)2/h8-10H,3-7,12H2,1-2H3. The highest BCUT2D eigenvalue weighted by Crippen LogP contribution is 2.22. The number of likely N-dealkylation sites (tertiary alicyclic amines) is 1. The fourth-order valence-corrected chi connectivity index (χ4v) is 2.31. The predicted molar refractivity (Wildman–Crippen MR) is 62.7 cm³/mol. The maximum absolute atomic E-state index is 5.75. The van der Waals surface area contributed by atoms with Crippen LogP contribution in [-0.4, -0.2) is 38.8 Å². The summed E-state index contributed by atoms with van der Waals surface area (Å²) in [5.74, 6) is 1.67. The topological polar surface area (TPSA) is 60.0 Å². The number of piperidine rings is 1. The van der Waals surface area contributed by atoms with Crippen molar-refractivity contribution < 1.29 is 0 Å². The number of nitrogens with two attached hydrogens (primary N) is 1. The average molecular weight is 223 g/mol. The molecule has 2 atom stereocenters. The quantitative estimate of drug-likeness (QED) is 0.804. The first-order valence-electron chi connectivity index (χ1n) is 5.97. The van der Waals surface area contributed by atoms with Crippen LogP contribution >= 0.6 is 0 Å². The lowest BCUT2D eigenvalue weighted by Gasteiger charge is -2.37. The van der Waals surface area contributed by atoms with Crippen molar-refractivity contribution in [3.05, 3.63) is 12.2 Å². The van der Waals surface area contributed by atoms with Crippen LogP contribution in [0.2, 0.25) is 0 Å². The number of aryl methyl sites for hydroxylation is 1. The molecule has 0 spiro atoms. The summed E-state index contributed by atoms with van der Waals surface area (Å²) >= 11 is 0. The van der Waals surface area contributed by atoms with Crippen LogP contribution in [0.5, 0.6) is 0 Å². The van der Waals surface area contributed by atoms with Gasteiger partial charge in [0.2, 0.25) is 0 Å². The molecule has 1 aromatic heterocycles. The van der Waals surface area contributed by atoms with Gasteiger partial charge in [0.15, 0.2) is 0 Å². The van der Waals surface area contributed by atoms with Gasteiger partial charge in [0.1, 0.15) is 12.2 Å². The Balaban J connectivity index is 1.99. The molecule has 16 heavy (non-hydrogen) atoms. The summed E-state index contributed by atoms with van der Waals surface area (Å²) in [6.07, 6.45) is 4.25. The van der Waals surface area contributed by atoms with Crippen molar-refractivity contribution in [2.75, 3.05) is 13.1 Å². The van der Waals surface area contributed by atoms with E-state index in [2.05, 4.69) is 22.0 Å². The van der Waals surface area contributed by atoms with E-state index < -0.39 is 0 Å². The highest BCUT2D eigenvalue weighted by atomic mass is 15.3. The smallest absolute Gasteiger partial charge is 0.146 e. The molecule has 2 N–H and O–H groups in total. The number of aromatic nitrogens is 3. The van der Waals surface area contributed by atoms with E-state index in [0.717, 1.165) is 25.5 Å². The summed E-state index contributed by atoms with van der Waals surface area (Å²) in [7, 11) is 1.99. The van der Waals surface area contributed by atoms with Crippen molar-refractivity contribution in [1.82, 2.24) is 19.7 Å². The summed E-state index contributed by atoms with van der Waals surface area (Å²) in [4.78, 5) is 2.46. The molecule has 1 aromatic rings. The molecule has 2 heterocycles. The molecular formula is C11H21N5. The molecule has 2 unspecified atom stereocenters. The molecule has 1 saturated heterocycles. The second kappa shape index (κ2) is 4.93. The molecule has 0 aromatic carbocycles. The van der Waals surface area contributed by atoms with Gasteiger partial charge in [0.05, 0.1) is 6.54 Å². The highest BCUT2D eigenvalue weighted by Gasteiger charge is 2.25. The third-order valence-electron chi connectivity index (χ3n) is 3.59. The predicted octanol–water partition coefficient (Wildman–Crippen LogP) is 0.374. The second-order valence-corrected chi connectivity index (χ2v) is 4.82. The zero-order valence-electron chi connectivity index (χ0n) is 10.1. The van der Waals surface area contributed by atoms with Crippen molar-refractivity contribution in [3.63, 3.8) is 0 Å². The van der Waals surface area contributed by atoms with Gasteiger partial charge in [-0.05, 0) is 32.2 Å². The van der Waals surface area contributed by atoms with Gasteiger partial charge in [-0.25, -0.2) is 0 Å². The van der Waals surface area contributed by atoms with E-state index in [-0.39, 0.29) is 0 Å². The normalized spacial score (nSPS) is 27.2. The molecular weight excluding hydrogens is 202 g/mol. The Morgan fingerprint density at radius 3 is 2.94 bits per heavy atom. The van der Waals surface area contributed by atoms with Gasteiger partial charge in [-0.15, -0.1) is 10.2 Å². The van der Waals surface area contributed by atoms with Crippen LogP contribution in [0.4, 0.5) is 0 Å². The Morgan fingerprint density at radius 2 is 2.31 bits per heavy atom. The van der Waals surface area contributed by atoms with E-state index in [4.69, 9.17) is 5.73 Å². The van der Waals surface area contributed by atoms with E-state index in [9.17, 15) is 0 Å². The van der Waals surface area contributed by atoms with Gasteiger partial charge in [-0.2, -0.15) is 0 Å². The van der Waals surface area contributed by atoms with Gasteiger partial charge in [-0.1, -0.05) is 0 Å². The zero-order valence-corrected chi connectivity index (χ0v) is 10.1. The molecule has 0 saturated carbocycles. The third-order valence-corrected chi connectivity index (χ3v) is 3.59. The minimum absolute atomic E-state index is 0.625. The van der Waals surface area contributed by atoms with Crippen molar-refractivity contribution in [2.45, 2.75) is 32.4 Å². The lowest BCUT2D eigenvalue weighted by Crippen LogP contribution is -2.43. The van der Waals surface area contributed by atoms with Crippen LogP contribution < -0.4 is 5.73 Å². The maximum Gasteiger partial charge on any atom is 0.146 e.